The summed E-state index contributed by atoms with van der Waals surface area (Å²) in [6, 6.07) is 0. The topological polar surface area (TPSA) is 116 Å². The van der Waals surface area contributed by atoms with Crippen LogP contribution < -0.4 is 0 Å². The van der Waals surface area contributed by atoms with E-state index in [0.29, 0.717) is 5.57 Å². The summed E-state index contributed by atoms with van der Waals surface area (Å²) >= 11 is 0. The van der Waals surface area contributed by atoms with Crippen LogP contribution in [0.1, 0.15) is 19.8 Å². The number of hydrogen-bond donors (Lipinski definition) is 1. The Bertz CT molecular complexity index is 412. The van der Waals surface area contributed by atoms with Crippen molar-refractivity contribution in [2.24, 2.45) is 0 Å². The molecule has 0 aromatic carbocycles. The van der Waals surface area contributed by atoms with Crippen LogP contribution in [0.5, 0.6) is 0 Å². The molecule has 0 atom stereocenters. The van der Waals surface area contributed by atoms with Gasteiger partial charge in [-0.15, -0.1) is 0 Å². The van der Waals surface area contributed by atoms with Gasteiger partial charge in [-0.3, -0.25) is 9.59 Å². The van der Waals surface area contributed by atoms with Crippen LogP contribution in [0.2, 0.25) is 0 Å². The lowest BCUT2D eigenvalue weighted by atomic mass is 10.2. The molecule has 1 N–H and O–H groups in total. The fourth-order valence-electron chi connectivity index (χ4n) is 1.03. The lowest BCUT2D eigenvalue weighted by molar-refractivity contribution is -0.151. The summed E-state index contributed by atoms with van der Waals surface area (Å²) in [5, 5.41) is 8.30. The number of hydrogen-bond acceptors (Lipinski definition) is 7. The summed E-state index contributed by atoms with van der Waals surface area (Å²) in [7, 11) is 0. The molecule has 0 aliphatic rings. The number of carboxylic acids is 1. The van der Waals surface area contributed by atoms with Crippen molar-refractivity contribution < 1.29 is 38.5 Å². The van der Waals surface area contributed by atoms with Crippen LogP contribution in [0.25, 0.3) is 0 Å². The van der Waals surface area contributed by atoms with Crippen molar-refractivity contribution in [2.45, 2.75) is 19.8 Å². The number of carboxylic acid groups (broad SMARTS) is 1. The smallest absolute Gasteiger partial charge is 0.372 e. The number of carbonyl (C=O) groups is 4. The van der Waals surface area contributed by atoms with Gasteiger partial charge in [0, 0.05) is 12.0 Å². The molecule has 0 saturated carbocycles. The Hall–Kier alpha value is -2.22. The highest BCUT2D eigenvalue weighted by atomic mass is 16.6. The zero-order chi connectivity index (χ0) is 16.3. The van der Waals surface area contributed by atoms with Crippen LogP contribution in [0.15, 0.2) is 12.2 Å². The molecule has 21 heavy (non-hydrogen) atoms. The molecule has 0 saturated heterocycles. The minimum atomic E-state index is -1.57. The average Bonchev–Trinajstić information content (AvgIpc) is 2.42. The van der Waals surface area contributed by atoms with Gasteiger partial charge in [0.25, 0.3) is 0 Å². The highest BCUT2D eigenvalue weighted by Gasteiger charge is 2.14. The monoisotopic (exact) mass is 302 g/mol. The van der Waals surface area contributed by atoms with Gasteiger partial charge in [-0.05, 0) is 6.92 Å². The van der Waals surface area contributed by atoms with Crippen molar-refractivity contribution in [2.75, 3.05) is 26.4 Å². The molecule has 8 nitrogen and oxygen atoms in total. The molecule has 0 bridgehead atoms. The van der Waals surface area contributed by atoms with Gasteiger partial charge in [0.15, 0.2) is 0 Å². The number of carbonyl (C=O) groups excluding carboxylic acids is 3. The summed E-state index contributed by atoms with van der Waals surface area (Å²) in [4.78, 5) is 43.0. The standard InChI is InChI=1S/C13H18O8/c1-9(2)13(18)21-8-6-19-5-7-20-11(15)4-3-10(14)12(16)17/h1,3-8H2,2H3,(H,16,17). The Labute approximate surface area is 121 Å². The minimum absolute atomic E-state index is 0.0332. The predicted octanol–water partition coefficient (Wildman–Crippen LogP) is 0.0994. The van der Waals surface area contributed by atoms with E-state index in [1.165, 1.54) is 6.92 Å². The summed E-state index contributed by atoms with van der Waals surface area (Å²) in [5.41, 5.74) is 0.292. The maximum Gasteiger partial charge on any atom is 0.372 e. The summed E-state index contributed by atoms with van der Waals surface area (Å²) in [6.45, 7) is 5.21. The van der Waals surface area contributed by atoms with Gasteiger partial charge in [0.2, 0.25) is 5.78 Å². The Balaban J connectivity index is 3.48. The molecule has 0 rings (SSSR count). The van der Waals surface area contributed by atoms with Crippen LogP contribution >= 0.6 is 0 Å². The Morgan fingerprint density at radius 3 is 2.05 bits per heavy atom. The Morgan fingerprint density at radius 1 is 0.952 bits per heavy atom. The van der Waals surface area contributed by atoms with E-state index in [1.807, 2.05) is 0 Å². The first-order valence-corrected chi connectivity index (χ1v) is 6.16. The van der Waals surface area contributed by atoms with Gasteiger partial charge in [-0.2, -0.15) is 0 Å². The zero-order valence-electron chi connectivity index (χ0n) is 11.8. The molecule has 0 aromatic rings. The van der Waals surface area contributed by atoms with E-state index in [9.17, 15) is 19.2 Å². The third-order valence-corrected chi connectivity index (χ3v) is 2.09. The van der Waals surface area contributed by atoms with Crippen LogP contribution in [0.3, 0.4) is 0 Å². The number of ketones is 1. The van der Waals surface area contributed by atoms with E-state index in [0.717, 1.165) is 0 Å². The van der Waals surface area contributed by atoms with E-state index < -0.39 is 30.1 Å². The van der Waals surface area contributed by atoms with Crippen molar-refractivity contribution in [3.05, 3.63) is 12.2 Å². The maximum atomic E-state index is 11.1. The largest absolute Gasteiger partial charge is 0.476 e. The Morgan fingerprint density at radius 2 is 1.52 bits per heavy atom. The molecule has 0 radical (unpaired) electrons. The van der Waals surface area contributed by atoms with Gasteiger partial charge in [0.1, 0.15) is 13.2 Å². The number of Topliss-reactive ketones (excluding diaryl/α,β-unsaturated/α-hetero) is 1. The average molecular weight is 302 g/mol. The molecule has 8 heteroatoms. The molecule has 0 heterocycles. The molecule has 0 aliphatic heterocycles. The predicted molar refractivity (Wildman–Crippen MR) is 69.4 cm³/mol. The van der Waals surface area contributed by atoms with Crippen molar-refractivity contribution in [3.63, 3.8) is 0 Å². The van der Waals surface area contributed by atoms with Crippen molar-refractivity contribution in [1.82, 2.24) is 0 Å². The summed E-state index contributed by atoms with van der Waals surface area (Å²) in [5.74, 6) is -3.80. The molecule has 0 aliphatic carbocycles. The molecule has 0 spiro atoms. The third-order valence-electron chi connectivity index (χ3n) is 2.09. The van der Waals surface area contributed by atoms with Crippen molar-refractivity contribution >= 4 is 23.7 Å². The Kier molecular flexibility index (Phi) is 9.44. The fourth-order valence-corrected chi connectivity index (χ4v) is 1.03. The fraction of sp³-hybridized carbons (Fsp3) is 0.538. The van der Waals surface area contributed by atoms with Crippen LogP contribution in [0.4, 0.5) is 0 Å². The van der Waals surface area contributed by atoms with E-state index in [4.69, 9.17) is 19.3 Å². The van der Waals surface area contributed by atoms with E-state index in [-0.39, 0.29) is 32.8 Å². The molecular weight excluding hydrogens is 284 g/mol. The zero-order valence-corrected chi connectivity index (χ0v) is 11.8. The quantitative estimate of drug-likeness (QED) is 0.247. The second-order valence-electron chi connectivity index (χ2n) is 3.98. The van der Waals surface area contributed by atoms with Gasteiger partial charge in [-0.1, -0.05) is 6.58 Å². The number of ether oxygens (including phenoxy) is 3. The number of rotatable bonds is 11. The van der Waals surface area contributed by atoms with Crippen molar-refractivity contribution in [1.29, 1.82) is 0 Å². The molecule has 0 fully saturated rings. The van der Waals surface area contributed by atoms with E-state index in [2.05, 4.69) is 6.58 Å². The molecule has 0 amide bonds. The first-order chi connectivity index (χ1) is 9.84. The van der Waals surface area contributed by atoms with Crippen LogP contribution in [-0.2, 0) is 33.4 Å². The number of esters is 2. The van der Waals surface area contributed by atoms with E-state index >= 15 is 0 Å². The van der Waals surface area contributed by atoms with Gasteiger partial charge < -0.3 is 19.3 Å². The van der Waals surface area contributed by atoms with Crippen molar-refractivity contribution in [3.8, 4) is 0 Å². The molecule has 0 aromatic heterocycles. The highest BCUT2D eigenvalue weighted by Crippen LogP contribution is 1.95. The second kappa shape index (κ2) is 10.6. The van der Waals surface area contributed by atoms with Gasteiger partial charge in [-0.25, -0.2) is 9.59 Å². The van der Waals surface area contributed by atoms with Crippen LogP contribution in [-0.4, -0.2) is 55.2 Å². The second-order valence-corrected chi connectivity index (χ2v) is 3.98. The van der Waals surface area contributed by atoms with Crippen LogP contribution in [0, 0.1) is 0 Å². The molecule has 118 valence electrons. The van der Waals surface area contributed by atoms with E-state index in [1.54, 1.807) is 0 Å². The lowest BCUT2D eigenvalue weighted by Gasteiger charge is -2.06. The summed E-state index contributed by atoms with van der Waals surface area (Å²) < 4.78 is 14.5. The first kappa shape index (κ1) is 18.8. The minimum Gasteiger partial charge on any atom is -0.476 e. The van der Waals surface area contributed by atoms with Gasteiger partial charge in [0.05, 0.1) is 19.6 Å². The molecular formula is C13H18O8. The normalized spacial score (nSPS) is 9.76. The highest BCUT2D eigenvalue weighted by molar-refractivity contribution is 6.32. The third kappa shape index (κ3) is 10.3. The van der Waals surface area contributed by atoms with Gasteiger partial charge >= 0.3 is 17.9 Å². The molecule has 0 unspecified atom stereocenters. The summed E-state index contributed by atoms with van der Waals surface area (Å²) in [6.07, 6.45) is -0.687. The lowest BCUT2D eigenvalue weighted by Crippen LogP contribution is -2.17. The maximum absolute atomic E-state index is 11.1. The SMILES string of the molecule is C=C(C)C(=O)OCCOCCOC(=O)CCC(=O)C(=O)O. The first-order valence-electron chi connectivity index (χ1n) is 6.16. The number of aliphatic carboxylic acids is 1.